The van der Waals surface area contributed by atoms with E-state index in [4.69, 9.17) is 24.9 Å². The number of nitrogens with zero attached hydrogens (tertiary/aromatic N) is 1. The van der Waals surface area contributed by atoms with Crippen LogP contribution in [0.2, 0.25) is 0 Å². The highest BCUT2D eigenvalue weighted by Gasteiger charge is 2.40. The summed E-state index contributed by atoms with van der Waals surface area (Å²) in [6, 6.07) is 0. The lowest BCUT2D eigenvalue weighted by Gasteiger charge is -2.37. The van der Waals surface area contributed by atoms with Gasteiger partial charge in [0, 0.05) is 30.2 Å². The normalized spacial score (nSPS) is 24.3. The summed E-state index contributed by atoms with van der Waals surface area (Å²) in [7, 11) is 1.13. The van der Waals surface area contributed by atoms with E-state index in [9.17, 15) is 18.0 Å². The van der Waals surface area contributed by atoms with Crippen LogP contribution < -0.4 is 0 Å². The van der Waals surface area contributed by atoms with Crippen LogP contribution in [0.5, 0.6) is 0 Å². The molecule has 0 aliphatic carbocycles. The molecule has 2 saturated heterocycles. The van der Waals surface area contributed by atoms with Gasteiger partial charge in [-0.1, -0.05) is 0 Å². The van der Waals surface area contributed by atoms with Crippen molar-refractivity contribution in [1.29, 1.82) is 0 Å². The number of likely N-dealkylation sites (tertiary alicyclic amines) is 1. The SMILES string of the molecule is CC1(C(=O)OCS(=O)(=O)Cl)CCN(C(=O)OC2CCOC2)CC1. The maximum Gasteiger partial charge on any atom is 0.410 e. The Hall–Kier alpha value is -1.06. The molecule has 0 saturated carbocycles. The average Bonchev–Trinajstić information content (AvgIpc) is 2.97. The fourth-order valence-corrected chi connectivity index (χ4v) is 2.89. The third-order valence-corrected chi connectivity index (χ3v) is 4.77. The number of rotatable bonds is 4. The van der Waals surface area contributed by atoms with Gasteiger partial charge in [0.05, 0.1) is 18.6 Å². The van der Waals surface area contributed by atoms with Crippen molar-refractivity contribution in [3.8, 4) is 0 Å². The molecule has 2 aliphatic heterocycles. The van der Waals surface area contributed by atoms with Gasteiger partial charge in [0.15, 0.2) is 0 Å². The Labute approximate surface area is 139 Å². The van der Waals surface area contributed by atoms with E-state index < -0.39 is 32.5 Å². The number of carbonyl (C=O) groups excluding carboxylic acids is 2. The van der Waals surface area contributed by atoms with Crippen molar-refractivity contribution in [3.63, 3.8) is 0 Å². The van der Waals surface area contributed by atoms with Crippen LogP contribution >= 0.6 is 10.7 Å². The number of hydrogen-bond donors (Lipinski definition) is 0. The molecule has 2 fully saturated rings. The van der Waals surface area contributed by atoms with Gasteiger partial charge < -0.3 is 19.1 Å². The second-order valence-electron chi connectivity index (χ2n) is 6.01. The van der Waals surface area contributed by atoms with E-state index in [1.165, 1.54) is 4.90 Å². The molecule has 23 heavy (non-hydrogen) atoms. The number of amides is 1. The van der Waals surface area contributed by atoms with Crippen LogP contribution in [0.3, 0.4) is 0 Å². The van der Waals surface area contributed by atoms with Crippen LogP contribution in [0, 0.1) is 5.41 Å². The molecule has 1 atom stereocenters. The van der Waals surface area contributed by atoms with E-state index in [1.54, 1.807) is 6.92 Å². The van der Waals surface area contributed by atoms with Crippen molar-refractivity contribution in [3.05, 3.63) is 0 Å². The van der Waals surface area contributed by atoms with Crippen LogP contribution in [0.4, 0.5) is 4.79 Å². The van der Waals surface area contributed by atoms with Gasteiger partial charge in [0.1, 0.15) is 6.10 Å². The van der Waals surface area contributed by atoms with Gasteiger partial charge in [-0.2, -0.15) is 0 Å². The summed E-state index contributed by atoms with van der Waals surface area (Å²) in [4.78, 5) is 25.6. The molecule has 0 aromatic heterocycles. The fraction of sp³-hybridized carbons (Fsp3) is 0.846. The highest BCUT2D eigenvalue weighted by atomic mass is 35.7. The number of piperidine rings is 1. The summed E-state index contributed by atoms with van der Waals surface area (Å²) in [5.41, 5.74) is -0.838. The predicted octanol–water partition coefficient (Wildman–Crippen LogP) is 1.08. The Morgan fingerprint density at radius 3 is 2.52 bits per heavy atom. The standard InChI is InChI=1S/C13H20ClNO7S/c1-13(11(16)21-9-23(14,18)19)3-5-15(6-4-13)12(17)22-10-2-7-20-8-10/h10H,2-9H2,1H3. The maximum absolute atomic E-state index is 12.0. The molecule has 8 nitrogen and oxygen atoms in total. The van der Waals surface area contributed by atoms with Crippen LogP contribution in [0.25, 0.3) is 0 Å². The Balaban J connectivity index is 1.81. The summed E-state index contributed by atoms with van der Waals surface area (Å²) in [6.45, 7) is 3.36. The Morgan fingerprint density at radius 2 is 2.00 bits per heavy atom. The molecule has 0 spiro atoms. The topological polar surface area (TPSA) is 99.2 Å². The second-order valence-corrected chi connectivity index (χ2v) is 8.73. The lowest BCUT2D eigenvalue weighted by atomic mass is 9.80. The van der Waals surface area contributed by atoms with E-state index in [-0.39, 0.29) is 6.10 Å². The molecule has 0 radical (unpaired) electrons. The van der Waals surface area contributed by atoms with E-state index >= 15 is 0 Å². The number of carbonyl (C=O) groups is 2. The number of hydrogen-bond acceptors (Lipinski definition) is 7. The lowest BCUT2D eigenvalue weighted by molar-refractivity contribution is -0.155. The molecule has 0 aromatic rings. The highest BCUT2D eigenvalue weighted by molar-refractivity contribution is 8.13. The first-order chi connectivity index (χ1) is 10.7. The monoisotopic (exact) mass is 369 g/mol. The first-order valence-electron chi connectivity index (χ1n) is 7.32. The first kappa shape index (κ1) is 18.3. The number of halogens is 1. The van der Waals surface area contributed by atoms with Crippen molar-refractivity contribution < 1.29 is 32.2 Å². The molecule has 10 heteroatoms. The highest BCUT2D eigenvalue weighted by Crippen LogP contribution is 2.33. The van der Waals surface area contributed by atoms with Gasteiger partial charge in [-0.3, -0.25) is 4.79 Å². The van der Waals surface area contributed by atoms with E-state index in [2.05, 4.69) is 0 Å². The summed E-state index contributed by atoms with van der Waals surface area (Å²) >= 11 is 0. The Morgan fingerprint density at radius 1 is 1.35 bits per heavy atom. The van der Waals surface area contributed by atoms with Crippen LogP contribution in [0.15, 0.2) is 0 Å². The van der Waals surface area contributed by atoms with Gasteiger partial charge in [0.2, 0.25) is 5.94 Å². The summed E-state index contributed by atoms with van der Waals surface area (Å²) < 4.78 is 36.9. The van der Waals surface area contributed by atoms with Crippen molar-refractivity contribution in [1.82, 2.24) is 4.90 Å². The quantitative estimate of drug-likeness (QED) is 0.540. The van der Waals surface area contributed by atoms with Crippen molar-refractivity contribution in [2.24, 2.45) is 5.41 Å². The Bertz CT molecular complexity index is 551. The van der Waals surface area contributed by atoms with Crippen LogP contribution in [-0.2, 0) is 28.1 Å². The third kappa shape index (κ3) is 5.22. The van der Waals surface area contributed by atoms with E-state index in [0.29, 0.717) is 45.6 Å². The zero-order chi connectivity index (χ0) is 17.1. The fourth-order valence-electron chi connectivity index (χ4n) is 2.51. The van der Waals surface area contributed by atoms with Gasteiger partial charge in [-0.25, -0.2) is 13.2 Å². The van der Waals surface area contributed by atoms with Crippen molar-refractivity contribution in [2.75, 3.05) is 32.2 Å². The summed E-state index contributed by atoms with van der Waals surface area (Å²) in [5.74, 6) is -1.48. The minimum atomic E-state index is -3.89. The van der Waals surface area contributed by atoms with E-state index in [1.807, 2.05) is 0 Å². The van der Waals surface area contributed by atoms with Crippen molar-refractivity contribution in [2.45, 2.75) is 32.3 Å². The molecular formula is C13H20ClNO7S. The minimum absolute atomic E-state index is 0.213. The van der Waals surface area contributed by atoms with E-state index in [0.717, 1.165) is 0 Å². The zero-order valence-electron chi connectivity index (χ0n) is 12.8. The van der Waals surface area contributed by atoms with Crippen LogP contribution in [0.1, 0.15) is 26.2 Å². The smallest absolute Gasteiger partial charge is 0.410 e. The average molecular weight is 370 g/mol. The van der Waals surface area contributed by atoms with Crippen molar-refractivity contribution >= 4 is 31.8 Å². The molecular weight excluding hydrogens is 350 g/mol. The van der Waals surface area contributed by atoms with Gasteiger partial charge >= 0.3 is 12.1 Å². The Kier molecular flexibility index (Phi) is 5.74. The molecule has 2 rings (SSSR count). The maximum atomic E-state index is 12.0. The molecule has 1 unspecified atom stereocenters. The molecule has 0 aromatic carbocycles. The molecule has 2 heterocycles. The zero-order valence-corrected chi connectivity index (χ0v) is 14.4. The van der Waals surface area contributed by atoms with Gasteiger partial charge in [-0.05, 0) is 19.8 Å². The summed E-state index contributed by atoms with van der Waals surface area (Å²) in [6.07, 6.45) is 0.791. The number of esters is 1. The van der Waals surface area contributed by atoms with Crippen LogP contribution in [-0.4, -0.2) is 63.7 Å². The summed E-state index contributed by atoms with van der Waals surface area (Å²) in [5, 5.41) is 0. The predicted molar refractivity (Wildman–Crippen MR) is 80.4 cm³/mol. The third-order valence-electron chi connectivity index (χ3n) is 4.10. The molecule has 2 aliphatic rings. The molecule has 0 N–H and O–H groups in total. The second kappa shape index (κ2) is 7.23. The molecule has 1 amide bonds. The number of ether oxygens (including phenoxy) is 3. The minimum Gasteiger partial charge on any atom is -0.447 e. The van der Waals surface area contributed by atoms with Gasteiger partial charge in [0.25, 0.3) is 9.05 Å². The first-order valence-corrected chi connectivity index (χ1v) is 9.80. The lowest BCUT2D eigenvalue weighted by Crippen LogP contribution is -2.46. The largest absolute Gasteiger partial charge is 0.447 e. The molecule has 132 valence electrons. The van der Waals surface area contributed by atoms with Gasteiger partial charge in [-0.15, -0.1) is 0 Å². The molecule has 0 bridgehead atoms.